The van der Waals surface area contributed by atoms with E-state index in [0.717, 1.165) is 16.5 Å². The van der Waals surface area contributed by atoms with Gasteiger partial charge in [-0.05, 0) is 36.8 Å². The fourth-order valence-corrected chi connectivity index (χ4v) is 8.50. The molecule has 3 aromatic rings. The summed E-state index contributed by atoms with van der Waals surface area (Å²) >= 11 is 0. The van der Waals surface area contributed by atoms with Gasteiger partial charge in [-0.2, -0.15) is 8.61 Å². The van der Waals surface area contributed by atoms with Crippen molar-refractivity contribution in [2.45, 2.75) is 23.3 Å². The van der Waals surface area contributed by atoms with E-state index in [-0.39, 0.29) is 30.3 Å². The minimum Gasteiger partial charge on any atom is -0.497 e. The molecular formula is C24H29N3O6S2. The molecule has 0 radical (unpaired) electrons. The summed E-state index contributed by atoms with van der Waals surface area (Å²) in [6.07, 6.45) is 0. The molecule has 1 atom stereocenters. The highest BCUT2D eigenvalue weighted by atomic mass is 32.2. The summed E-state index contributed by atoms with van der Waals surface area (Å²) in [5, 5.41) is 11.4. The molecule has 1 aromatic heterocycles. The Morgan fingerprint density at radius 1 is 1.06 bits per heavy atom. The highest BCUT2D eigenvalue weighted by molar-refractivity contribution is 7.89. The molecule has 1 saturated heterocycles. The van der Waals surface area contributed by atoms with E-state index >= 15 is 0 Å². The van der Waals surface area contributed by atoms with Crippen LogP contribution < -0.4 is 4.74 Å². The van der Waals surface area contributed by atoms with Gasteiger partial charge < -0.3 is 14.4 Å². The van der Waals surface area contributed by atoms with Crippen LogP contribution in [0.2, 0.25) is 0 Å². The number of aliphatic hydroxyl groups is 1. The fourth-order valence-electron chi connectivity index (χ4n) is 5.56. The number of aryl methyl sites for hydroxylation is 1. The van der Waals surface area contributed by atoms with E-state index in [0.29, 0.717) is 11.4 Å². The molecule has 1 fully saturated rings. The van der Waals surface area contributed by atoms with Crippen molar-refractivity contribution in [2.75, 3.05) is 39.1 Å². The number of rotatable bonds is 6. The number of aliphatic hydroxyl groups excluding tert-OH is 1. The van der Waals surface area contributed by atoms with Crippen LogP contribution in [0.15, 0.2) is 53.4 Å². The van der Waals surface area contributed by atoms with Gasteiger partial charge in [-0.3, -0.25) is 0 Å². The first kappa shape index (κ1) is 24.3. The predicted octanol–water partition coefficient (Wildman–Crippen LogP) is 1.83. The van der Waals surface area contributed by atoms with E-state index in [1.807, 2.05) is 29.8 Å². The highest BCUT2D eigenvalue weighted by Gasteiger charge is 2.57. The number of benzene rings is 2. The molecule has 0 unspecified atom stereocenters. The highest BCUT2D eigenvalue weighted by Crippen LogP contribution is 2.51. The van der Waals surface area contributed by atoms with Crippen molar-refractivity contribution in [1.82, 2.24) is 13.2 Å². The molecule has 35 heavy (non-hydrogen) atoms. The summed E-state index contributed by atoms with van der Waals surface area (Å²) in [7, 11) is -3.98. The Bertz CT molecular complexity index is 1490. The van der Waals surface area contributed by atoms with E-state index in [2.05, 4.69) is 0 Å². The summed E-state index contributed by atoms with van der Waals surface area (Å²) in [5.74, 6) is 0.635. The standard InChI is InChI=1S/C24H29N3O6S2/c1-4-34(29,30)26-14-24(15-26)16-27(35(31,32)18-8-6-5-7-9-18)21(13-28)23-22(24)19-11-10-17(33-3)12-20(19)25(23)2/h5-12,21,28H,4,13-16H2,1-3H3/t21-/m1/s1. The third kappa shape index (κ3) is 3.52. The molecule has 1 N–H and O–H groups in total. The number of hydrogen-bond acceptors (Lipinski definition) is 6. The average Bonchev–Trinajstić information content (AvgIpc) is 3.14. The fraction of sp³-hybridized carbons (Fsp3) is 0.417. The minimum absolute atomic E-state index is 0.0199. The van der Waals surface area contributed by atoms with Crippen LogP contribution in [0.4, 0.5) is 0 Å². The van der Waals surface area contributed by atoms with Gasteiger partial charge in [0.25, 0.3) is 0 Å². The number of hydrogen-bond donors (Lipinski definition) is 1. The van der Waals surface area contributed by atoms with E-state index < -0.39 is 38.1 Å². The maximum atomic E-state index is 13.8. The SMILES string of the molecule is CCS(=O)(=O)N1CC2(C1)CN(S(=O)(=O)c1ccccc1)[C@H](CO)c1c2c2ccc(OC)cc2n1C. The molecule has 2 aliphatic rings. The molecule has 3 heterocycles. The second kappa shape index (κ2) is 8.31. The van der Waals surface area contributed by atoms with E-state index in [1.54, 1.807) is 32.2 Å². The summed E-state index contributed by atoms with van der Waals surface area (Å²) in [6, 6.07) is 13.0. The van der Waals surface area contributed by atoms with Crippen LogP contribution in [0.1, 0.15) is 24.2 Å². The summed E-state index contributed by atoms with van der Waals surface area (Å²) in [4.78, 5) is 0.134. The Hall–Kier alpha value is -2.44. The van der Waals surface area contributed by atoms with Crippen molar-refractivity contribution >= 4 is 30.9 Å². The molecule has 0 aliphatic carbocycles. The molecule has 2 aliphatic heterocycles. The predicted molar refractivity (Wildman–Crippen MR) is 132 cm³/mol. The normalized spacial score (nSPS) is 20.6. The Morgan fingerprint density at radius 2 is 1.74 bits per heavy atom. The zero-order valence-electron chi connectivity index (χ0n) is 19.9. The molecule has 9 nitrogen and oxygen atoms in total. The Kier molecular flexibility index (Phi) is 5.76. The van der Waals surface area contributed by atoms with Gasteiger partial charge in [0.2, 0.25) is 20.0 Å². The lowest BCUT2D eigenvalue weighted by molar-refractivity contribution is 0.0752. The number of fused-ring (bicyclic) bond motifs is 4. The summed E-state index contributed by atoms with van der Waals surface area (Å²) in [5.41, 5.74) is 1.68. The first-order chi connectivity index (χ1) is 16.6. The van der Waals surface area contributed by atoms with Crippen molar-refractivity contribution in [2.24, 2.45) is 7.05 Å². The first-order valence-electron chi connectivity index (χ1n) is 11.4. The zero-order chi connectivity index (χ0) is 25.2. The molecule has 1 spiro atoms. The minimum atomic E-state index is -3.97. The lowest BCUT2D eigenvalue weighted by Crippen LogP contribution is -2.68. The topological polar surface area (TPSA) is 109 Å². The maximum Gasteiger partial charge on any atom is 0.243 e. The zero-order valence-corrected chi connectivity index (χ0v) is 21.5. The number of nitrogens with zero attached hydrogens (tertiary/aromatic N) is 3. The van der Waals surface area contributed by atoms with Crippen LogP contribution in [-0.4, -0.2) is 74.2 Å². The molecule has 0 bridgehead atoms. The maximum absolute atomic E-state index is 13.8. The van der Waals surface area contributed by atoms with Gasteiger partial charge in [0.15, 0.2) is 0 Å². The van der Waals surface area contributed by atoms with Crippen LogP contribution >= 0.6 is 0 Å². The van der Waals surface area contributed by atoms with Crippen LogP contribution in [0, 0.1) is 0 Å². The Labute approximate surface area is 205 Å². The molecular weight excluding hydrogens is 490 g/mol. The van der Waals surface area contributed by atoms with Gasteiger partial charge >= 0.3 is 0 Å². The second-order valence-electron chi connectivity index (χ2n) is 9.21. The van der Waals surface area contributed by atoms with Crippen molar-refractivity contribution in [3.05, 3.63) is 59.8 Å². The lowest BCUT2D eigenvalue weighted by atomic mass is 9.70. The molecule has 0 saturated carbocycles. The second-order valence-corrected chi connectivity index (χ2v) is 13.4. The van der Waals surface area contributed by atoms with Crippen LogP contribution in [0.25, 0.3) is 10.9 Å². The van der Waals surface area contributed by atoms with Gasteiger partial charge in [-0.25, -0.2) is 16.8 Å². The van der Waals surface area contributed by atoms with E-state index in [9.17, 15) is 21.9 Å². The first-order valence-corrected chi connectivity index (χ1v) is 14.5. The quantitative estimate of drug-likeness (QED) is 0.532. The van der Waals surface area contributed by atoms with Crippen LogP contribution in [-0.2, 0) is 32.5 Å². The Balaban J connectivity index is 1.74. The molecule has 0 amide bonds. The van der Waals surface area contributed by atoms with E-state index in [4.69, 9.17) is 4.74 Å². The van der Waals surface area contributed by atoms with Gasteiger partial charge in [0, 0.05) is 49.2 Å². The lowest BCUT2D eigenvalue weighted by Gasteiger charge is -2.55. The van der Waals surface area contributed by atoms with Crippen LogP contribution in [0.5, 0.6) is 5.75 Å². The van der Waals surface area contributed by atoms with Gasteiger partial charge in [0.1, 0.15) is 5.75 Å². The summed E-state index contributed by atoms with van der Waals surface area (Å²) in [6.45, 7) is 1.63. The number of ether oxygens (including phenoxy) is 1. The third-order valence-electron chi connectivity index (χ3n) is 7.34. The molecule has 5 rings (SSSR count). The van der Waals surface area contributed by atoms with Gasteiger partial charge in [0.05, 0.1) is 35.9 Å². The molecule has 11 heteroatoms. The monoisotopic (exact) mass is 519 g/mol. The van der Waals surface area contributed by atoms with Crippen LogP contribution in [0.3, 0.4) is 0 Å². The third-order valence-corrected chi connectivity index (χ3v) is 11.0. The molecule has 2 aromatic carbocycles. The largest absolute Gasteiger partial charge is 0.497 e. The van der Waals surface area contributed by atoms with Crippen molar-refractivity contribution < 1.29 is 26.7 Å². The van der Waals surface area contributed by atoms with Gasteiger partial charge in [-0.1, -0.05) is 18.2 Å². The van der Waals surface area contributed by atoms with Crippen molar-refractivity contribution in [1.29, 1.82) is 0 Å². The van der Waals surface area contributed by atoms with Crippen molar-refractivity contribution in [3.63, 3.8) is 0 Å². The van der Waals surface area contributed by atoms with Crippen molar-refractivity contribution in [3.8, 4) is 5.75 Å². The number of methoxy groups -OCH3 is 1. The molecule has 188 valence electrons. The number of sulfonamides is 2. The van der Waals surface area contributed by atoms with E-state index in [1.165, 1.54) is 20.7 Å². The number of aromatic nitrogens is 1. The Morgan fingerprint density at radius 3 is 2.34 bits per heavy atom. The average molecular weight is 520 g/mol. The summed E-state index contributed by atoms with van der Waals surface area (Å²) < 4.78 is 62.9. The smallest absolute Gasteiger partial charge is 0.243 e. The van der Waals surface area contributed by atoms with Gasteiger partial charge in [-0.15, -0.1) is 0 Å².